The van der Waals surface area contributed by atoms with Gasteiger partial charge in [0.25, 0.3) is 0 Å². The van der Waals surface area contributed by atoms with Gasteiger partial charge in [0.15, 0.2) is 0 Å². The molecule has 0 N–H and O–H groups in total. The number of hydrogen-bond donors (Lipinski definition) is 0. The highest BCUT2D eigenvalue weighted by molar-refractivity contribution is 5.70. The van der Waals surface area contributed by atoms with E-state index >= 15 is 0 Å². The van der Waals surface area contributed by atoms with Crippen LogP contribution in [0.5, 0.6) is 11.5 Å². The molecule has 30 heavy (non-hydrogen) atoms. The van der Waals surface area contributed by atoms with E-state index in [9.17, 15) is 13.2 Å². The van der Waals surface area contributed by atoms with Crippen molar-refractivity contribution in [1.82, 2.24) is 10.2 Å². The van der Waals surface area contributed by atoms with Crippen LogP contribution >= 0.6 is 0 Å². The van der Waals surface area contributed by atoms with Crippen LogP contribution in [0.3, 0.4) is 0 Å². The first-order valence-electron chi connectivity index (χ1n) is 9.45. The number of aromatic nitrogens is 2. The van der Waals surface area contributed by atoms with Crippen LogP contribution in [-0.4, -0.2) is 24.4 Å². The summed E-state index contributed by atoms with van der Waals surface area (Å²) < 4.78 is 49.4. The third kappa shape index (κ3) is 4.72. The van der Waals surface area contributed by atoms with Crippen LogP contribution in [0.2, 0.25) is 0 Å². The second-order valence-electron chi connectivity index (χ2n) is 7.16. The molecule has 0 radical (unpaired) electrons. The van der Waals surface area contributed by atoms with E-state index in [-0.39, 0.29) is 11.7 Å². The number of aryl methyl sites for hydroxylation is 1. The van der Waals surface area contributed by atoms with Crippen molar-refractivity contribution in [3.8, 4) is 22.8 Å². The van der Waals surface area contributed by atoms with Gasteiger partial charge in [-0.05, 0) is 66.8 Å². The first kappa shape index (κ1) is 21.6. The Balaban J connectivity index is 1.86. The number of hydrogen-bond acceptors (Lipinski definition) is 4. The number of methoxy groups -OCH3 is 2. The average molecular weight is 416 g/mol. The molecule has 0 aliphatic rings. The molecular weight excluding hydrogens is 393 g/mol. The lowest BCUT2D eigenvalue weighted by atomic mass is 9.95. The smallest absolute Gasteiger partial charge is 0.416 e. The molecule has 0 amide bonds. The predicted octanol–water partition coefficient (Wildman–Crippen LogP) is 5.83. The number of alkyl halides is 3. The second-order valence-corrected chi connectivity index (χ2v) is 7.16. The Hall–Kier alpha value is -3.09. The summed E-state index contributed by atoms with van der Waals surface area (Å²) >= 11 is 0. The summed E-state index contributed by atoms with van der Waals surface area (Å²) in [6.07, 6.45) is -3.77. The largest absolute Gasteiger partial charge is 0.497 e. The summed E-state index contributed by atoms with van der Waals surface area (Å²) in [4.78, 5) is 0. The van der Waals surface area contributed by atoms with E-state index in [0.29, 0.717) is 17.7 Å². The molecule has 0 bridgehead atoms. The number of nitrogens with zero attached hydrogens (tertiary/aromatic N) is 2. The van der Waals surface area contributed by atoms with Crippen LogP contribution in [-0.2, 0) is 12.6 Å². The molecule has 2 aromatic carbocycles. The lowest BCUT2D eigenvalue weighted by molar-refractivity contribution is -0.137. The number of rotatable bonds is 6. The fraction of sp³-hybridized carbons (Fsp3) is 0.304. The highest BCUT2D eigenvalue weighted by Crippen LogP contribution is 2.37. The quantitative estimate of drug-likeness (QED) is 0.507. The molecule has 3 rings (SSSR count). The lowest BCUT2D eigenvalue weighted by Crippen LogP contribution is -2.06. The van der Waals surface area contributed by atoms with Crippen molar-refractivity contribution in [3.63, 3.8) is 0 Å². The molecule has 0 spiro atoms. The maximum atomic E-state index is 13.0. The zero-order valence-corrected chi connectivity index (χ0v) is 17.2. The number of benzene rings is 2. The summed E-state index contributed by atoms with van der Waals surface area (Å²) in [6.45, 7) is 3.96. The van der Waals surface area contributed by atoms with Gasteiger partial charge in [-0.25, -0.2) is 0 Å². The van der Waals surface area contributed by atoms with Crippen LogP contribution in [0, 0.1) is 6.92 Å². The molecule has 0 fully saturated rings. The molecule has 7 heteroatoms. The highest BCUT2D eigenvalue weighted by atomic mass is 19.4. The Bertz CT molecular complexity index is 1040. The maximum absolute atomic E-state index is 13.0. The molecule has 1 unspecified atom stereocenters. The third-order valence-corrected chi connectivity index (χ3v) is 5.00. The lowest BCUT2D eigenvalue weighted by Gasteiger charge is -2.15. The molecule has 4 nitrogen and oxygen atoms in total. The predicted molar refractivity (Wildman–Crippen MR) is 109 cm³/mol. The minimum Gasteiger partial charge on any atom is -0.497 e. The molecule has 0 aliphatic carbocycles. The zero-order valence-electron chi connectivity index (χ0n) is 17.2. The van der Waals surface area contributed by atoms with Gasteiger partial charge in [-0.1, -0.05) is 19.1 Å². The molecule has 3 aromatic rings. The highest BCUT2D eigenvalue weighted by Gasteiger charge is 2.31. The second kappa shape index (κ2) is 8.73. The Labute approximate surface area is 173 Å². The fourth-order valence-corrected chi connectivity index (χ4v) is 3.35. The molecule has 0 aliphatic heterocycles. The fourth-order valence-electron chi connectivity index (χ4n) is 3.35. The Kier molecular flexibility index (Phi) is 6.29. The van der Waals surface area contributed by atoms with Crippen LogP contribution < -0.4 is 9.47 Å². The van der Waals surface area contributed by atoms with Crippen molar-refractivity contribution in [2.24, 2.45) is 0 Å². The number of halogens is 3. The Morgan fingerprint density at radius 3 is 2.37 bits per heavy atom. The van der Waals surface area contributed by atoms with E-state index < -0.39 is 11.7 Å². The van der Waals surface area contributed by atoms with Gasteiger partial charge in [0, 0.05) is 5.56 Å². The maximum Gasteiger partial charge on any atom is 0.416 e. The van der Waals surface area contributed by atoms with Gasteiger partial charge in [0.1, 0.15) is 11.5 Å². The van der Waals surface area contributed by atoms with Crippen LogP contribution in [0.1, 0.15) is 35.2 Å². The summed E-state index contributed by atoms with van der Waals surface area (Å²) in [6, 6.07) is 13.2. The molecule has 0 saturated carbocycles. The van der Waals surface area contributed by atoms with Crippen molar-refractivity contribution in [3.05, 3.63) is 70.9 Å². The molecule has 0 saturated heterocycles. The van der Waals surface area contributed by atoms with E-state index in [0.717, 1.165) is 34.7 Å². The Morgan fingerprint density at radius 2 is 1.73 bits per heavy atom. The summed E-state index contributed by atoms with van der Waals surface area (Å²) in [5, 5.41) is 8.60. The summed E-state index contributed by atoms with van der Waals surface area (Å²) in [5.74, 6) is 1.10. The zero-order chi connectivity index (χ0) is 21.9. The van der Waals surface area contributed by atoms with Crippen molar-refractivity contribution < 1.29 is 22.6 Å². The van der Waals surface area contributed by atoms with E-state index in [4.69, 9.17) is 9.47 Å². The molecule has 1 heterocycles. The SMILES string of the molecule is COc1cccc(C(C)Cc2cc(C)c(-c3ccc(C(F)(F)F)cc3OC)nn2)c1. The van der Waals surface area contributed by atoms with Crippen LogP contribution in [0.15, 0.2) is 48.5 Å². The van der Waals surface area contributed by atoms with Gasteiger partial charge >= 0.3 is 6.18 Å². The summed E-state index contributed by atoms with van der Waals surface area (Å²) in [5.41, 5.74) is 2.95. The molecule has 1 atom stereocenters. The molecular formula is C23H23F3N2O2. The topological polar surface area (TPSA) is 44.2 Å². The van der Waals surface area contributed by atoms with E-state index in [1.807, 2.05) is 37.3 Å². The van der Waals surface area contributed by atoms with Crippen molar-refractivity contribution in [2.45, 2.75) is 32.4 Å². The van der Waals surface area contributed by atoms with Gasteiger partial charge in [-0.3, -0.25) is 0 Å². The standard InChI is InChI=1S/C23H23F3N2O2/c1-14(16-6-5-7-19(12-16)29-3)10-18-11-15(2)22(28-27-18)20-9-8-17(23(24,25)26)13-21(20)30-4/h5-9,11-14H,10H2,1-4H3. The van der Waals surface area contributed by atoms with Crippen LogP contribution in [0.25, 0.3) is 11.3 Å². The number of ether oxygens (including phenoxy) is 2. The van der Waals surface area contributed by atoms with E-state index in [2.05, 4.69) is 17.1 Å². The van der Waals surface area contributed by atoms with E-state index in [1.165, 1.54) is 13.2 Å². The van der Waals surface area contributed by atoms with Crippen molar-refractivity contribution in [1.29, 1.82) is 0 Å². The van der Waals surface area contributed by atoms with Gasteiger partial charge in [-0.2, -0.15) is 18.3 Å². The molecule has 158 valence electrons. The van der Waals surface area contributed by atoms with Gasteiger partial charge in [-0.15, -0.1) is 5.10 Å². The van der Waals surface area contributed by atoms with Crippen molar-refractivity contribution >= 4 is 0 Å². The Morgan fingerprint density at radius 1 is 0.967 bits per heavy atom. The first-order chi connectivity index (χ1) is 14.2. The first-order valence-corrected chi connectivity index (χ1v) is 9.45. The average Bonchev–Trinajstić information content (AvgIpc) is 2.73. The van der Waals surface area contributed by atoms with Gasteiger partial charge < -0.3 is 9.47 Å². The van der Waals surface area contributed by atoms with Crippen molar-refractivity contribution in [2.75, 3.05) is 14.2 Å². The third-order valence-electron chi connectivity index (χ3n) is 5.00. The van der Waals surface area contributed by atoms with E-state index in [1.54, 1.807) is 7.11 Å². The summed E-state index contributed by atoms with van der Waals surface area (Å²) in [7, 11) is 2.97. The minimum atomic E-state index is -4.44. The van der Waals surface area contributed by atoms with Gasteiger partial charge in [0.2, 0.25) is 0 Å². The molecule has 1 aromatic heterocycles. The minimum absolute atomic E-state index is 0.111. The normalized spacial score (nSPS) is 12.5. The van der Waals surface area contributed by atoms with Crippen LogP contribution in [0.4, 0.5) is 13.2 Å². The van der Waals surface area contributed by atoms with Gasteiger partial charge in [0.05, 0.1) is 31.2 Å². The monoisotopic (exact) mass is 416 g/mol.